The molecule has 0 radical (unpaired) electrons. The quantitative estimate of drug-likeness (QED) is 0.822. The van der Waals surface area contributed by atoms with E-state index in [1.165, 1.54) is 0 Å². The molecule has 1 aliphatic carbocycles. The molecule has 0 saturated heterocycles. The lowest BCUT2D eigenvalue weighted by Gasteiger charge is -2.25. The van der Waals surface area contributed by atoms with Gasteiger partial charge in [0, 0.05) is 22.0 Å². The van der Waals surface area contributed by atoms with Crippen molar-refractivity contribution in [3.8, 4) is 5.75 Å². The van der Waals surface area contributed by atoms with Gasteiger partial charge in [-0.3, -0.25) is 4.79 Å². The minimum absolute atomic E-state index is 0.224. The Balaban J connectivity index is 2.60. The second-order valence-electron chi connectivity index (χ2n) is 4.13. The number of ketones is 1. The molecule has 1 aromatic rings. The van der Waals surface area contributed by atoms with Crippen molar-refractivity contribution >= 4 is 21.7 Å². The molecule has 2 nitrogen and oxygen atoms in total. The highest BCUT2D eigenvalue weighted by atomic mass is 79.9. The van der Waals surface area contributed by atoms with E-state index in [4.69, 9.17) is 4.74 Å². The first-order valence-electron chi connectivity index (χ1n) is 5.63. The molecule has 0 fully saturated rings. The summed E-state index contributed by atoms with van der Waals surface area (Å²) in [6.07, 6.45) is 1.56. The lowest BCUT2D eigenvalue weighted by atomic mass is 9.82. The minimum Gasteiger partial charge on any atom is -0.494 e. The van der Waals surface area contributed by atoms with Gasteiger partial charge in [-0.25, -0.2) is 0 Å². The van der Waals surface area contributed by atoms with Gasteiger partial charge in [-0.1, -0.05) is 22.9 Å². The summed E-state index contributed by atoms with van der Waals surface area (Å²) in [6.45, 7) is 4.75. The fraction of sp³-hybridized carbons (Fsp3) is 0.462. The van der Waals surface area contributed by atoms with Crippen molar-refractivity contribution in [1.29, 1.82) is 0 Å². The summed E-state index contributed by atoms with van der Waals surface area (Å²) in [5, 5.41) is 0. The van der Waals surface area contributed by atoms with E-state index < -0.39 is 0 Å². The van der Waals surface area contributed by atoms with E-state index >= 15 is 0 Å². The van der Waals surface area contributed by atoms with Crippen LogP contribution in [0.25, 0.3) is 0 Å². The lowest BCUT2D eigenvalue weighted by Crippen LogP contribution is -2.16. The van der Waals surface area contributed by atoms with E-state index in [2.05, 4.69) is 22.9 Å². The van der Waals surface area contributed by atoms with Gasteiger partial charge in [0.15, 0.2) is 5.78 Å². The number of fused-ring (bicyclic) bond motifs is 1. The molecular weight excluding hydrogens is 268 g/mol. The van der Waals surface area contributed by atoms with Crippen LogP contribution in [0.1, 0.15) is 48.5 Å². The van der Waals surface area contributed by atoms with Gasteiger partial charge in [0.1, 0.15) is 5.75 Å². The van der Waals surface area contributed by atoms with Crippen molar-refractivity contribution < 1.29 is 9.53 Å². The first kappa shape index (κ1) is 11.6. The zero-order chi connectivity index (χ0) is 11.7. The number of carbonyl (C=O) groups excluding carboxylic acids is 1. The number of halogens is 1. The molecule has 0 bridgehead atoms. The average Bonchev–Trinajstić information content (AvgIpc) is 2.26. The number of Topliss-reactive ketones (excluding diaryl/α,β-unsaturated/α-hetero) is 1. The number of rotatable bonds is 2. The Hall–Kier alpha value is -0.830. The third-order valence-corrected chi connectivity index (χ3v) is 3.69. The van der Waals surface area contributed by atoms with E-state index in [1.807, 2.05) is 19.1 Å². The van der Waals surface area contributed by atoms with Gasteiger partial charge < -0.3 is 4.74 Å². The van der Waals surface area contributed by atoms with Gasteiger partial charge in [0.05, 0.1) is 6.61 Å². The van der Waals surface area contributed by atoms with Crippen molar-refractivity contribution in [2.75, 3.05) is 6.61 Å². The van der Waals surface area contributed by atoms with Crippen LogP contribution < -0.4 is 4.74 Å². The van der Waals surface area contributed by atoms with Gasteiger partial charge in [-0.05, 0) is 31.4 Å². The molecule has 1 aromatic carbocycles. The van der Waals surface area contributed by atoms with Crippen LogP contribution in [0, 0.1) is 0 Å². The Bertz CT molecular complexity index is 426. The summed E-state index contributed by atoms with van der Waals surface area (Å²) >= 11 is 3.46. The summed E-state index contributed by atoms with van der Waals surface area (Å²) in [5.41, 5.74) is 1.90. The highest BCUT2D eigenvalue weighted by Gasteiger charge is 2.28. The normalized spacial score (nSPS) is 19.4. The standard InChI is InChI=1S/C13H15BrO2/c1-3-16-11-7-5-9(14)13-10(15)6-4-8(2)12(11)13/h5,7-8H,3-4,6H2,1-2H3. The van der Waals surface area contributed by atoms with Crippen LogP contribution in [0.15, 0.2) is 16.6 Å². The predicted molar refractivity (Wildman–Crippen MR) is 67.3 cm³/mol. The number of hydrogen-bond acceptors (Lipinski definition) is 2. The van der Waals surface area contributed by atoms with Crippen molar-refractivity contribution in [2.45, 2.75) is 32.6 Å². The second-order valence-corrected chi connectivity index (χ2v) is 4.98. The fourth-order valence-electron chi connectivity index (χ4n) is 2.24. The van der Waals surface area contributed by atoms with Crippen LogP contribution in [-0.2, 0) is 0 Å². The number of benzene rings is 1. The first-order valence-corrected chi connectivity index (χ1v) is 6.42. The number of carbonyl (C=O) groups is 1. The lowest BCUT2D eigenvalue weighted by molar-refractivity contribution is 0.0966. The van der Waals surface area contributed by atoms with Crippen molar-refractivity contribution in [3.05, 3.63) is 27.7 Å². The van der Waals surface area contributed by atoms with Gasteiger partial charge in [-0.2, -0.15) is 0 Å². The van der Waals surface area contributed by atoms with Gasteiger partial charge in [-0.15, -0.1) is 0 Å². The van der Waals surface area contributed by atoms with Crippen molar-refractivity contribution in [2.24, 2.45) is 0 Å². The Labute approximate surface area is 104 Å². The summed E-state index contributed by atoms with van der Waals surface area (Å²) in [6, 6.07) is 3.85. The second kappa shape index (κ2) is 4.58. The first-order chi connectivity index (χ1) is 7.65. The molecule has 0 spiro atoms. The van der Waals surface area contributed by atoms with Crippen LogP contribution in [0.4, 0.5) is 0 Å². The maximum Gasteiger partial charge on any atom is 0.164 e. The van der Waals surface area contributed by atoms with Crippen LogP contribution >= 0.6 is 15.9 Å². The van der Waals surface area contributed by atoms with Crippen LogP contribution in [0.5, 0.6) is 5.75 Å². The highest BCUT2D eigenvalue weighted by molar-refractivity contribution is 9.10. The molecule has 3 heteroatoms. The molecule has 16 heavy (non-hydrogen) atoms. The molecule has 1 aliphatic rings. The smallest absolute Gasteiger partial charge is 0.164 e. The summed E-state index contributed by atoms with van der Waals surface area (Å²) < 4.78 is 6.50. The summed E-state index contributed by atoms with van der Waals surface area (Å²) in [5.74, 6) is 1.48. The molecule has 0 N–H and O–H groups in total. The maximum atomic E-state index is 11.9. The minimum atomic E-state index is 0.224. The van der Waals surface area contributed by atoms with Gasteiger partial charge in [0.2, 0.25) is 0 Å². The molecule has 2 rings (SSSR count). The average molecular weight is 283 g/mol. The summed E-state index contributed by atoms with van der Waals surface area (Å²) in [4.78, 5) is 11.9. The zero-order valence-corrected chi connectivity index (χ0v) is 11.1. The van der Waals surface area contributed by atoms with E-state index in [-0.39, 0.29) is 5.78 Å². The van der Waals surface area contributed by atoms with Crippen molar-refractivity contribution in [3.63, 3.8) is 0 Å². The Kier molecular flexibility index (Phi) is 3.33. The van der Waals surface area contributed by atoms with E-state index in [0.717, 1.165) is 27.8 Å². The SMILES string of the molecule is CCOc1ccc(Br)c2c1C(C)CCC2=O. The molecule has 0 aliphatic heterocycles. The van der Waals surface area contributed by atoms with E-state index in [9.17, 15) is 4.79 Å². The van der Waals surface area contributed by atoms with Crippen molar-refractivity contribution in [1.82, 2.24) is 0 Å². The third kappa shape index (κ3) is 1.88. The molecule has 86 valence electrons. The molecule has 0 saturated carbocycles. The van der Waals surface area contributed by atoms with Crippen LogP contribution in [0.3, 0.4) is 0 Å². The number of ether oxygens (including phenoxy) is 1. The largest absolute Gasteiger partial charge is 0.494 e. The predicted octanol–water partition coefficient (Wildman–Crippen LogP) is 3.93. The maximum absolute atomic E-state index is 11.9. The third-order valence-electron chi connectivity index (χ3n) is 3.03. The monoisotopic (exact) mass is 282 g/mol. The molecule has 0 heterocycles. The molecule has 1 unspecified atom stereocenters. The molecule has 1 atom stereocenters. The van der Waals surface area contributed by atoms with E-state index in [1.54, 1.807) is 0 Å². The van der Waals surface area contributed by atoms with Gasteiger partial charge in [0.25, 0.3) is 0 Å². The highest BCUT2D eigenvalue weighted by Crippen LogP contribution is 2.40. The van der Waals surface area contributed by atoms with Gasteiger partial charge >= 0.3 is 0 Å². The summed E-state index contributed by atoms with van der Waals surface area (Å²) in [7, 11) is 0. The van der Waals surface area contributed by atoms with E-state index in [0.29, 0.717) is 18.9 Å². The van der Waals surface area contributed by atoms with Crippen LogP contribution in [-0.4, -0.2) is 12.4 Å². The Morgan fingerprint density at radius 1 is 1.50 bits per heavy atom. The topological polar surface area (TPSA) is 26.3 Å². The Morgan fingerprint density at radius 3 is 2.94 bits per heavy atom. The number of hydrogen-bond donors (Lipinski definition) is 0. The Morgan fingerprint density at radius 2 is 2.25 bits per heavy atom. The molecule has 0 aromatic heterocycles. The zero-order valence-electron chi connectivity index (χ0n) is 9.55. The molecule has 0 amide bonds. The fourth-order valence-corrected chi connectivity index (χ4v) is 2.81. The molecular formula is C13H15BrO2. The van der Waals surface area contributed by atoms with Crippen LogP contribution in [0.2, 0.25) is 0 Å².